The first-order valence-corrected chi connectivity index (χ1v) is 6.24. The second-order valence-electron chi connectivity index (χ2n) is 4.41. The number of hydrogen-bond acceptors (Lipinski definition) is 3. The maximum Gasteiger partial charge on any atom is 0.417 e. The zero-order chi connectivity index (χ0) is 16.3. The number of ketones is 1. The van der Waals surface area contributed by atoms with Gasteiger partial charge in [0.05, 0.1) is 18.2 Å². The van der Waals surface area contributed by atoms with Gasteiger partial charge in [-0.15, -0.1) is 0 Å². The highest BCUT2D eigenvalue weighted by Gasteiger charge is 2.37. The van der Waals surface area contributed by atoms with Gasteiger partial charge in [-0.05, 0) is 6.07 Å². The van der Waals surface area contributed by atoms with E-state index in [-0.39, 0.29) is 11.1 Å². The lowest BCUT2D eigenvalue weighted by Crippen LogP contribution is -2.19. The number of rotatable bonds is 3. The van der Waals surface area contributed by atoms with Crippen LogP contribution >= 0.6 is 0 Å². The summed E-state index contributed by atoms with van der Waals surface area (Å²) in [6, 6.07) is 10.8. The molecule has 0 aromatic heterocycles. The van der Waals surface area contributed by atoms with Gasteiger partial charge in [0.2, 0.25) is 0 Å². The molecule has 0 spiro atoms. The Balaban J connectivity index is 2.66. The third kappa shape index (κ3) is 3.00. The summed E-state index contributed by atoms with van der Waals surface area (Å²) in [5.41, 5.74) is -2.12. The van der Waals surface area contributed by atoms with E-state index in [0.29, 0.717) is 0 Å². The maximum absolute atomic E-state index is 13.1. The number of ether oxygens (including phenoxy) is 1. The summed E-state index contributed by atoms with van der Waals surface area (Å²) in [5.74, 6) is -1.88. The first-order valence-electron chi connectivity index (χ1n) is 6.24. The van der Waals surface area contributed by atoms with Gasteiger partial charge in [-0.2, -0.15) is 13.2 Å². The largest absolute Gasteiger partial charge is 0.465 e. The first kappa shape index (κ1) is 15.8. The SMILES string of the molecule is COC(=O)c1c(C(=O)c2ccccc2)cccc1C(F)(F)F. The van der Waals surface area contributed by atoms with Crippen LogP contribution in [0.1, 0.15) is 31.8 Å². The summed E-state index contributed by atoms with van der Waals surface area (Å²) in [4.78, 5) is 24.2. The number of methoxy groups -OCH3 is 1. The van der Waals surface area contributed by atoms with Crippen molar-refractivity contribution >= 4 is 11.8 Å². The molecule has 2 aromatic rings. The van der Waals surface area contributed by atoms with Gasteiger partial charge >= 0.3 is 12.1 Å². The van der Waals surface area contributed by atoms with Crippen LogP contribution in [0.5, 0.6) is 0 Å². The topological polar surface area (TPSA) is 43.4 Å². The predicted octanol–water partition coefficient (Wildman–Crippen LogP) is 3.72. The highest BCUT2D eigenvalue weighted by atomic mass is 19.4. The van der Waals surface area contributed by atoms with E-state index in [0.717, 1.165) is 19.2 Å². The van der Waals surface area contributed by atoms with E-state index < -0.39 is 29.1 Å². The Kier molecular flexibility index (Phi) is 4.30. The van der Waals surface area contributed by atoms with Crippen LogP contribution in [-0.2, 0) is 10.9 Å². The Morgan fingerprint density at radius 2 is 1.59 bits per heavy atom. The molecule has 0 saturated heterocycles. The van der Waals surface area contributed by atoms with E-state index in [4.69, 9.17) is 0 Å². The molecule has 3 nitrogen and oxygen atoms in total. The average Bonchev–Trinajstić information content (AvgIpc) is 2.52. The fourth-order valence-electron chi connectivity index (χ4n) is 2.04. The molecule has 2 aromatic carbocycles. The van der Waals surface area contributed by atoms with Crippen molar-refractivity contribution in [2.75, 3.05) is 7.11 Å². The summed E-state index contributed by atoms with van der Waals surface area (Å²) < 4.78 is 43.6. The van der Waals surface area contributed by atoms with Crippen LogP contribution in [0.3, 0.4) is 0 Å². The normalized spacial score (nSPS) is 11.1. The van der Waals surface area contributed by atoms with E-state index in [2.05, 4.69) is 4.74 Å². The molecule has 0 atom stereocenters. The van der Waals surface area contributed by atoms with E-state index in [1.54, 1.807) is 18.2 Å². The molecular formula is C16H11F3O3. The number of carbonyl (C=O) groups excluding carboxylic acids is 2. The molecule has 0 bridgehead atoms. The molecule has 114 valence electrons. The molecule has 0 unspecified atom stereocenters. The zero-order valence-electron chi connectivity index (χ0n) is 11.5. The molecule has 0 heterocycles. The Morgan fingerprint density at radius 3 is 2.14 bits per heavy atom. The van der Waals surface area contributed by atoms with Crippen molar-refractivity contribution in [2.45, 2.75) is 6.18 Å². The van der Waals surface area contributed by atoms with Crippen LogP contribution in [0.4, 0.5) is 13.2 Å². The van der Waals surface area contributed by atoms with E-state index in [9.17, 15) is 22.8 Å². The second-order valence-corrected chi connectivity index (χ2v) is 4.41. The van der Waals surface area contributed by atoms with E-state index >= 15 is 0 Å². The Hall–Kier alpha value is -2.63. The van der Waals surface area contributed by atoms with Gasteiger partial charge in [0, 0.05) is 11.1 Å². The van der Waals surface area contributed by atoms with Crippen LogP contribution in [0.15, 0.2) is 48.5 Å². The minimum atomic E-state index is -4.77. The van der Waals surface area contributed by atoms with E-state index in [1.165, 1.54) is 18.2 Å². The standard InChI is InChI=1S/C16H11F3O3/c1-22-15(21)13-11(8-5-9-12(13)16(17,18)19)14(20)10-6-3-2-4-7-10/h2-9H,1H3. The molecule has 0 aliphatic carbocycles. The van der Waals surface area contributed by atoms with Crippen LogP contribution in [-0.4, -0.2) is 18.9 Å². The lowest BCUT2D eigenvalue weighted by molar-refractivity contribution is -0.138. The highest BCUT2D eigenvalue weighted by molar-refractivity contribution is 6.15. The maximum atomic E-state index is 13.1. The van der Waals surface area contributed by atoms with Gasteiger partial charge in [-0.1, -0.05) is 42.5 Å². The van der Waals surface area contributed by atoms with Crippen molar-refractivity contribution in [3.05, 3.63) is 70.8 Å². The van der Waals surface area contributed by atoms with Crippen molar-refractivity contribution < 1.29 is 27.5 Å². The van der Waals surface area contributed by atoms with Gasteiger partial charge in [-0.3, -0.25) is 4.79 Å². The predicted molar refractivity (Wildman–Crippen MR) is 72.7 cm³/mol. The smallest absolute Gasteiger partial charge is 0.417 e. The number of carbonyl (C=O) groups is 2. The number of esters is 1. The number of benzene rings is 2. The third-order valence-corrected chi connectivity index (χ3v) is 3.04. The minimum absolute atomic E-state index is 0.187. The molecular weight excluding hydrogens is 297 g/mol. The lowest BCUT2D eigenvalue weighted by atomic mass is 9.94. The summed E-state index contributed by atoms with van der Waals surface area (Å²) in [6.07, 6.45) is -4.77. The highest BCUT2D eigenvalue weighted by Crippen LogP contribution is 2.34. The Bertz CT molecular complexity index is 706. The van der Waals surface area contributed by atoms with Crippen molar-refractivity contribution in [2.24, 2.45) is 0 Å². The Labute approximate surface area is 124 Å². The van der Waals surface area contributed by atoms with Gasteiger partial charge < -0.3 is 4.74 Å². The van der Waals surface area contributed by atoms with Crippen LogP contribution in [0.2, 0.25) is 0 Å². The molecule has 0 fully saturated rings. The van der Waals surface area contributed by atoms with Crippen molar-refractivity contribution in [3.63, 3.8) is 0 Å². The number of halogens is 3. The quantitative estimate of drug-likeness (QED) is 0.641. The van der Waals surface area contributed by atoms with Gasteiger partial charge in [-0.25, -0.2) is 4.79 Å². The van der Waals surface area contributed by atoms with E-state index in [1.807, 2.05) is 0 Å². The van der Waals surface area contributed by atoms with Gasteiger partial charge in [0.15, 0.2) is 5.78 Å². The molecule has 0 saturated carbocycles. The molecule has 22 heavy (non-hydrogen) atoms. The molecule has 0 N–H and O–H groups in total. The average molecular weight is 308 g/mol. The molecule has 0 radical (unpaired) electrons. The molecule has 6 heteroatoms. The fourth-order valence-corrected chi connectivity index (χ4v) is 2.04. The number of hydrogen-bond donors (Lipinski definition) is 0. The summed E-state index contributed by atoms with van der Waals surface area (Å²) in [5, 5.41) is 0. The summed E-state index contributed by atoms with van der Waals surface area (Å²) in [6.45, 7) is 0. The first-order chi connectivity index (χ1) is 10.4. The molecule has 0 aliphatic rings. The lowest BCUT2D eigenvalue weighted by Gasteiger charge is -2.14. The third-order valence-electron chi connectivity index (χ3n) is 3.04. The minimum Gasteiger partial charge on any atom is -0.465 e. The van der Waals surface area contributed by atoms with Crippen LogP contribution in [0.25, 0.3) is 0 Å². The monoisotopic (exact) mass is 308 g/mol. The molecule has 2 rings (SSSR count). The van der Waals surface area contributed by atoms with Crippen LogP contribution < -0.4 is 0 Å². The zero-order valence-corrected chi connectivity index (χ0v) is 11.5. The molecule has 0 amide bonds. The van der Waals surface area contributed by atoms with Crippen molar-refractivity contribution in [3.8, 4) is 0 Å². The summed E-state index contributed by atoms with van der Waals surface area (Å²) >= 11 is 0. The van der Waals surface area contributed by atoms with Crippen molar-refractivity contribution in [1.29, 1.82) is 0 Å². The van der Waals surface area contributed by atoms with Crippen LogP contribution in [0, 0.1) is 0 Å². The second kappa shape index (κ2) is 6.01. The van der Waals surface area contributed by atoms with Gasteiger partial charge in [0.1, 0.15) is 0 Å². The molecule has 0 aliphatic heterocycles. The number of alkyl halides is 3. The van der Waals surface area contributed by atoms with Crippen molar-refractivity contribution in [1.82, 2.24) is 0 Å². The fraction of sp³-hybridized carbons (Fsp3) is 0.125. The summed E-state index contributed by atoms with van der Waals surface area (Å²) in [7, 11) is 0.965. The van der Waals surface area contributed by atoms with Gasteiger partial charge in [0.25, 0.3) is 0 Å². The Morgan fingerprint density at radius 1 is 0.955 bits per heavy atom.